The van der Waals surface area contributed by atoms with Gasteiger partial charge in [-0.3, -0.25) is 19.2 Å². The Labute approximate surface area is 358 Å². The van der Waals surface area contributed by atoms with Gasteiger partial charge in [0.2, 0.25) is 23.6 Å². The van der Waals surface area contributed by atoms with E-state index in [1.807, 2.05) is 72.8 Å². The molecule has 6 amide bonds. The Bertz CT molecular complexity index is 1990. The average molecular weight is 889 g/mol. The van der Waals surface area contributed by atoms with Crippen molar-refractivity contribution in [3.8, 4) is 0 Å². The van der Waals surface area contributed by atoms with Gasteiger partial charge in [-0.15, -0.1) is 0 Å². The monoisotopic (exact) mass is 887 g/mol. The summed E-state index contributed by atoms with van der Waals surface area (Å²) in [6, 6.07) is 21.0. The number of primary amides is 2. The molecule has 0 radical (unpaired) electrons. The highest BCUT2D eigenvalue weighted by atomic mass is 79.9. The summed E-state index contributed by atoms with van der Waals surface area (Å²) < 4.78 is 0.920. The van der Waals surface area contributed by atoms with Gasteiger partial charge in [0, 0.05) is 23.2 Å². The molecule has 0 unspecified atom stereocenters. The van der Waals surface area contributed by atoms with Gasteiger partial charge < -0.3 is 47.0 Å². The molecular formula is C44H54BrN7O8. The van der Waals surface area contributed by atoms with Crippen molar-refractivity contribution in [2.45, 2.75) is 101 Å². The predicted molar refractivity (Wildman–Crippen MR) is 227 cm³/mol. The van der Waals surface area contributed by atoms with Crippen LogP contribution in [0.4, 0.5) is 15.3 Å². The average Bonchev–Trinajstić information content (AvgIpc) is 3.97. The minimum atomic E-state index is -1.45. The Hall–Kier alpha value is -5.64. The van der Waals surface area contributed by atoms with Crippen molar-refractivity contribution < 1.29 is 39.0 Å². The van der Waals surface area contributed by atoms with E-state index in [4.69, 9.17) is 11.5 Å². The number of benzene rings is 3. The minimum Gasteiger partial charge on any atom is -0.465 e. The molecule has 0 spiro atoms. The van der Waals surface area contributed by atoms with Crippen LogP contribution in [0.5, 0.6) is 0 Å². The maximum atomic E-state index is 13.9. The molecule has 6 rings (SSSR count). The number of carbonyl (C=O) groups excluding carboxylic acids is 4. The molecule has 3 fully saturated rings. The number of likely N-dealkylation sites (tertiary alicyclic amines) is 2. The molecule has 16 heteroatoms. The second kappa shape index (κ2) is 17.5. The topological polar surface area (TPSA) is 229 Å². The number of carbonyl (C=O) groups is 6. The Morgan fingerprint density at radius 3 is 1.32 bits per heavy atom. The third-order valence-electron chi connectivity index (χ3n) is 12.6. The zero-order chi connectivity index (χ0) is 43.7. The van der Waals surface area contributed by atoms with Crippen LogP contribution in [-0.2, 0) is 30.3 Å². The molecule has 3 saturated heterocycles. The van der Waals surface area contributed by atoms with Crippen molar-refractivity contribution in [2.24, 2.45) is 23.3 Å². The molecule has 0 aliphatic carbocycles. The first kappa shape index (κ1) is 43.9. The highest BCUT2D eigenvalue weighted by molar-refractivity contribution is 9.10. The van der Waals surface area contributed by atoms with Crippen LogP contribution in [0, 0.1) is 11.8 Å². The Morgan fingerprint density at radius 2 is 1.00 bits per heavy atom. The lowest BCUT2D eigenvalue weighted by atomic mass is 9.84. The van der Waals surface area contributed by atoms with E-state index in [-0.39, 0.29) is 37.0 Å². The molecule has 0 bridgehead atoms. The lowest BCUT2D eigenvalue weighted by Crippen LogP contribution is -2.59. The van der Waals surface area contributed by atoms with Crippen LogP contribution >= 0.6 is 15.9 Å². The maximum Gasteiger partial charge on any atom is 0.405 e. The fourth-order valence-electron chi connectivity index (χ4n) is 9.66. The summed E-state index contributed by atoms with van der Waals surface area (Å²) in [6.45, 7) is 7.47. The van der Waals surface area contributed by atoms with Crippen LogP contribution in [0.2, 0.25) is 0 Å². The summed E-state index contributed by atoms with van der Waals surface area (Å²) in [7, 11) is 0. The summed E-state index contributed by atoms with van der Waals surface area (Å²) in [5.41, 5.74) is 13.4. The molecule has 15 nitrogen and oxygen atoms in total. The van der Waals surface area contributed by atoms with Gasteiger partial charge in [-0.05, 0) is 96.9 Å². The van der Waals surface area contributed by atoms with Gasteiger partial charge in [0.1, 0.15) is 23.2 Å². The number of carboxylic acid groups (broad SMARTS) is 2. The van der Waals surface area contributed by atoms with Gasteiger partial charge in [-0.1, -0.05) is 92.2 Å². The normalized spacial score (nSPS) is 23.8. The number of hydrogen-bond acceptors (Lipinski definition) is 7. The van der Waals surface area contributed by atoms with E-state index < -0.39 is 59.0 Å². The van der Waals surface area contributed by atoms with Crippen LogP contribution in [-0.4, -0.2) is 81.0 Å². The Morgan fingerprint density at radius 1 is 0.633 bits per heavy atom. The molecule has 3 heterocycles. The fourth-order valence-corrected chi connectivity index (χ4v) is 9.93. The van der Waals surface area contributed by atoms with Crippen molar-refractivity contribution in [1.82, 2.24) is 20.4 Å². The van der Waals surface area contributed by atoms with Crippen molar-refractivity contribution in [2.75, 3.05) is 18.0 Å². The Balaban J connectivity index is 1.32. The molecular weight excluding hydrogens is 834 g/mol. The smallest absolute Gasteiger partial charge is 0.405 e. The van der Waals surface area contributed by atoms with Crippen LogP contribution in [0.3, 0.4) is 0 Å². The standard InChI is InChI=1S/C44H54BrN7O8/c1-25(2)35(48-41(57)58)37(53)50-23-5-21-43(50,39(46)55)29-11-7-27(8-12-29)33-19-20-34(52(33)32-17-15-31(45)16-18-32)28-9-13-30(14-10-28)44(40(47)56)22-6-24-51(44)38(54)36(26(3)4)49-42(59)60/h7-18,25-26,33-36,48-49H,5-6,19-24H2,1-4H3,(H2,46,55)(H2,47,56)(H,57,58)(H,59,60)/t33-,34-,35+,36+,43+,44+/m1/s1. The van der Waals surface area contributed by atoms with E-state index in [1.165, 1.54) is 9.80 Å². The zero-order valence-electron chi connectivity index (χ0n) is 34.3. The molecule has 3 aromatic carbocycles. The number of hydrogen-bond donors (Lipinski definition) is 6. The van der Waals surface area contributed by atoms with E-state index >= 15 is 0 Å². The van der Waals surface area contributed by atoms with E-state index in [0.29, 0.717) is 36.8 Å². The second-order valence-electron chi connectivity index (χ2n) is 16.7. The number of amides is 6. The molecule has 6 atom stereocenters. The second-order valence-corrected chi connectivity index (χ2v) is 17.6. The van der Waals surface area contributed by atoms with E-state index in [0.717, 1.165) is 34.1 Å². The SMILES string of the molecule is CC(C)[C@H](NC(=O)O)C(=O)N1CCC[C@@]1(C(N)=O)c1ccc([C@H]2CC[C@H](c3ccc([C@]4(C(N)=O)CCCN4C(=O)[C@@H](NC(=O)O)C(C)C)cc3)N2c2ccc(Br)cc2)cc1. The van der Waals surface area contributed by atoms with E-state index in [1.54, 1.807) is 27.7 Å². The predicted octanol–water partition coefficient (Wildman–Crippen LogP) is 5.72. The molecule has 320 valence electrons. The summed E-state index contributed by atoms with van der Waals surface area (Å²) in [4.78, 5) is 83.0. The van der Waals surface area contributed by atoms with Crippen LogP contribution in [0.25, 0.3) is 0 Å². The van der Waals surface area contributed by atoms with E-state index in [9.17, 15) is 39.0 Å². The molecule has 3 aliphatic rings. The molecule has 60 heavy (non-hydrogen) atoms. The third kappa shape index (κ3) is 8.00. The molecule has 3 aliphatic heterocycles. The lowest BCUT2D eigenvalue weighted by Gasteiger charge is -2.39. The quantitative estimate of drug-likeness (QED) is 0.123. The van der Waals surface area contributed by atoms with E-state index in [2.05, 4.69) is 31.5 Å². The lowest BCUT2D eigenvalue weighted by molar-refractivity contribution is -0.146. The summed E-state index contributed by atoms with van der Waals surface area (Å²) in [5, 5.41) is 23.6. The summed E-state index contributed by atoms with van der Waals surface area (Å²) in [6.07, 6.45) is 0.525. The van der Waals surface area contributed by atoms with Crippen LogP contribution < -0.4 is 27.0 Å². The minimum absolute atomic E-state index is 0.101. The van der Waals surface area contributed by atoms with Crippen LogP contribution in [0.15, 0.2) is 77.3 Å². The van der Waals surface area contributed by atoms with Crippen molar-refractivity contribution >= 4 is 57.4 Å². The first-order chi connectivity index (χ1) is 28.4. The largest absolute Gasteiger partial charge is 0.465 e. The highest BCUT2D eigenvalue weighted by Crippen LogP contribution is 2.49. The van der Waals surface area contributed by atoms with Gasteiger partial charge in [0.25, 0.3) is 0 Å². The maximum absolute atomic E-state index is 13.9. The number of anilines is 1. The van der Waals surface area contributed by atoms with Crippen LogP contribution in [0.1, 0.15) is 101 Å². The first-order valence-electron chi connectivity index (χ1n) is 20.4. The van der Waals surface area contributed by atoms with Crippen molar-refractivity contribution in [3.05, 3.63) is 99.5 Å². The highest BCUT2D eigenvalue weighted by Gasteiger charge is 2.53. The summed E-state index contributed by atoms with van der Waals surface area (Å²) >= 11 is 3.56. The van der Waals surface area contributed by atoms with Gasteiger partial charge in [0.15, 0.2) is 0 Å². The van der Waals surface area contributed by atoms with Gasteiger partial charge in [-0.2, -0.15) is 0 Å². The molecule has 8 N–H and O–H groups in total. The fraction of sp³-hybridized carbons (Fsp3) is 0.455. The van der Waals surface area contributed by atoms with Crippen molar-refractivity contribution in [3.63, 3.8) is 0 Å². The molecule has 0 aromatic heterocycles. The van der Waals surface area contributed by atoms with Gasteiger partial charge >= 0.3 is 12.2 Å². The first-order valence-corrected chi connectivity index (χ1v) is 21.2. The van der Waals surface area contributed by atoms with Gasteiger partial charge in [0.05, 0.1) is 12.1 Å². The summed E-state index contributed by atoms with van der Waals surface area (Å²) in [5.74, 6) is -3.09. The number of nitrogens with one attached hydrogen (secondary N) is 2. The molecule has 0 saturated carbocycles. The zero-order valence-corrected chi connectivity index (χ0v) is 35.9. The third-order valence-corrected chi connectivity index (χ3v) is 13.1. The number of nitrogens with zero attached hydrogens (tertiary/aromatic N) is 3. The van der Waals surface area contributed by atoms with Crippen molar-refractivity contribution in [1.29, 1.82) is 0 Å². The van der Waals surface area contributed by atoms with Gasteiger partial charge in [-0.25, -0.2) is 9.59 Å². The number of nitrogens with two attached hydrogens (primary N) is 2. The molecule has 3 aromatic rings. The Kier molecular flexibility index (Phi) is 12.8. The number of rotatable bonds is 13. The number of halogens is 1.